The minimum Gasteiger partial charge on any atom is -0.381 e. The number of nitrogens with zero attached hydrogens (tertiary/aromatic N) is 7. The maximum atomic E-state index is 13.7. The van der Waals surface area contributed by atoms with Crippen molar-refractivity contribution in [2.45, 2.75) is 46.2 Å². The summed E-state index contributed by atoms with van der Waals surface area (Å²) in [7, 11) is 0. The van der Waals surface area contributed by atoms with Gasteiger partial charge in [0.1, 0.15) is 11.6 Å². The van der Waals surface area contributed by atoms with E-state index in [-0.39, 0.29) is 11.6 Å². The second-order valence-corrected chi connectivity index (χ2v) is 8.65. The fraction of sp³-hybridized carbons (Fsp3) is 0.391. The molecule has 0 unspecified atom stereocenters. The smallest absolute Gasteiger partial charge is 0.198 e. The van der Waals surface area contributed by atoms with Crippen molar-refractivity contribution in [3.63, 3.8) is 0 Å². The van der Waals surface area contributed by atoms with Gasteiger partial charge in [-0.05, 0) is 19.1 Å². The Morgan fingerprint density at radius 3 is 2.81 bits per heavy atom. The lowest BCUT2D eigenvalue weighted by atomic mass is 10.1. The molecule has 0 spiro atoms. The number of aromatic nitrogens is 6. The molecule has 0 amide bonds. The van der Waals surface area contributed by atoms with Crippen LogP contribution in [0.3, 0.4) is 0 Å². The fourth-order valence-electron chi connectivity index (χ4n) is 4.39. The Bertz CT molecular complexity index is 1290. The first-order valence-electron chi connectivity index (χ1n) is 10.9. The summed E-state index contributed by atoms with van der Waals surface area (Å²) >= 11 is 0. The van der Waals surface area contributed by atoms with E-state index in [4.69, 9.17) is 5.73 Å². The Kier molecular flexibility index (Phi) is 5.13. The van der Waals surface area contributed by atoms with Crippen LogP contribution in [0.1, 0.15) is 42.8 Å². The predicted molar refractivity (Wildman–Crippen MR) is 121 cm³/mol. The first-order valence-corrected chi connectivity index (χ1v) is 10.9. The molecule has 0 fully saturated rings. The molecule has 0 saturated carbocycles. The van der Waals surface area contributed by atoms with Crippen molar-refractivity contribution >= 4 is 11.5 Å². The Balaban J connectivity index is 1.35. The third-order valence-electron chi connectivity index (χ3n) is 6.03. The van der Waals surface area contributed by atoms with Gasteiger partial charge in [-0.3, -0.25) is 4.90 Å². The van der Waals surface area contributed by atoms with Crippen molar-refractivity contribution in [1.82, 2.24) is 34.0 Å². The van der Waals surface area contributed by atoms with Crippen LogP contribution in [0, 0.1) is 12.7 Å². The highest BCUT2D eigenvalue weighted by Gasteiger charge is 2.21. The highest BCUT2D eigenvalue weighted by atomic mass is 19.1. The van der Waals surface area contributed by atoms with Gasteiger partial charge in [-0.25, -0.2) is 23.9 Å². The summed E-state index contributed by atoms with van der Waals surface area (Å²) in [5, 5.41) is 4.69. The van der Waals surface area contributed by atoms with Crippen molar-refractivity contribution in [1.29, 1.82) is 0 Å². The average Bonchev–Trinajstić information content (AvgIpc) is 3.39. The highest BCUT2D eigenvalue weighted by Crippen LogP contribution is 2.25. The third-order valence-corrected chi connectivity index (χ3v) is 6.03. The lowest BCUT2D eigenvalue weighted by Crippen LogP contribution is -2.35. The summed E-state index contributed by atoms with van der Waals surface area (Å²) in [6.45, 7) is 9.91. The summed E-state index contributed by atoms with van der Waals surface area (Å²) < 4.78 is 17.8. The molecule has 166 valence electrons. The zero-order chi connectivity index (χ0) is 22.4. The molecule has 32 heavy (non-hydrogen) atoms. The highest BCUT2D eigenvalue weighted by molar-refractivity contribution is 5.69. The standard InChI is InChI=1S/C23H27FN8/c1-14(2)22-26-12-18-13-30(9-10-31(18)22)8-7-19-27-23-21(25)28-20(15(3)32(23)29-19)16-5-4-6-17(24)11-16/h4-6,11-12,14H,7-10,13H2,1-3H3,(H2,25,28). The molecule has 0 saturated heterocycles. The molecule has 1 aliphatic rings. The van der Waals surface area contributed by atoms with E-state index in [1.54, 1.807) is 10.6 Å². The number of halogens is 1. The SMILES string of the molecule is Cc1c(-c2cccc(F)c2)nc(N)c2nc(CCN3CCn4c(cnc4C(C)C)C3)nn12. The van der Waals surface area contributed by atoms with E-state index in [9.17, 15) is 4.39 Å². The van der Waals surface area contributed by atoms with E-state index in [1.165, 1.54) is 17.8 Å². The molecule has 8 nitrogen and oxygen atoms in total. The molecule has 5 rings (SSSR count). The second kappa shape index (κ2) is 7.98. The van der Waals surface area contributed by atoms with E-state index in [1.807, 2.05) is 19.2 Å². The van der Waals surface area contributed by atoms with Crippen LogP contribution < -0.4 is 5.73 Å². The van der Waals surface area contributed by atoms with E-state index in [2.05, 4.69) is 43.4 Å². The van der Waals surface area contributed by atoms with E-state index in [0.29, 0.717) is 29.2 Å². The maximum Gasteiger partial charge on any atom is 0.198 e. The first-order chi connectivity index (χ1) is 15.4. The molecule has 0 bridgehead atoms. The van der Waals surface area contributed by atoms with Crippen LogP contribution in [-0.4, -0.2) is 47.1 Å². The summed E-state index contributed by atoms with van der Waals surface area (Å²) in [5.74, 6) is 2.29. The van der Waals surface area contributed by atoms with Crippen LogP contribution >= 0.6 is 0 Å². The van der Waals surface area contributed by atoms with Crippen LogP contribution in [0.15, 0.2) is 30.5 Å². The van der Waals surface area contributed by atoms with Crippen LogP contribution in [-0.2, 0) is 19.5 Å². The minimum atomic E-state index is -0.315. The summed E-state index contributed by atoms with van der Waals surface area (Å²) in [4.78, 5) is 16.1. The van der Waals surface area contributed by atoms with Gasteiger partial charge in [-0.15, -0.1) is 0 Å². The monoisotopic (exact) mass is 434 g/mol. The van der Waals surface area contributed by atoms with Crippen molar-refractivity contribution in [2.24, 2.45) is 0 Å². The quantitative estimate of drug-likeness (QED) is 0.519. The first kappa shape index (κ1) is 20.6. The molecule has 0 radical (unpaired) electrons. The number of aryl methyl sites for hydroxylation is 1. The predicted octanol–water partition coefficient (Wildman–Crippen LogP) is 3.20. The maximum absolute atomic E-state index is 13.7. The molecular weight excluding hydrogens is 407 g/mol. The number of hydrogen-bond acceptors (Lipinski definition) is 6. The topological polar surface area (TPSA) is 90.2 Å². The number of nitrogens with two attached hydrogens (primary N) is 1. The second-order valence-electron chi connectivity index (χ2n) is 8.65. The minimum absolute atomic E-state index is 0.289. The Morgan fingerprint density at radius 2 is 2.03 bits per heavy atom. The summed E-state index contributed by atoms with van der Waals surface area (Å²) in [5.41, 5.74) is 10.0. The molecule has 1 aromatic carbocycles. The molecule has 0 aliphatic carbocycles. The molecule has 4 aromatic rings. The molecule has 9 heteroatoms. The van der Waals surface area contributed by atoms with Crippen molar-refractivity contribution in [3.05, 3.63) is 59.3 Å². The Labute approximate surface area is 185 Å². The number of benzene rings is 1. The van der Waals surface area contributed by atoms with Crippen molar-refractivity contribution in [2.75, 3.05) is 18.8 Å². The van der Waals surface area contributed by atoms with E-state index >= 15 is 0 Å². The zero-order valence-electron chi connectivity index (χ0n) is 18.6. The molecule has 2 N–H and O–H groups in total. The number of rotatable bonds is 5. The van der Waals surface area contributed by atoms with E-state index in [0.717, 1.165) is 43.5 Å². The van der Waals surface area contributed by atoms with Gasteiger partial charge < -0.3 is 10.3 Å². The van der Waals surface area contributed by atoms with Gasteiger partial charge in [-0.1, -0.05) is 26.0 Å². The Morgan fingerprint density at radius 1 is 1.19 bits per heavy atom. The van der Waals surface area contributed by atoms with Crippen LogP contribution in [0.25, 0.3) is 16.9 Å². The number of anilines is 1. The summed E-state index contributed by atoms with van der Waals surface area (Å²) in [6, 6.07) is 6.33. The molecule has 3 aromatic heterocycles. The largest absolute Gasteiger partial charge is 0.381 e. The fourth-order valence-corrected chi connectivity index (χ4v) is 4.39. The van der Waals surface area contributed by atoms with Gasteiger partial charge >= 0.3 is 0 Å². The molecule has 1 aliphatic heterocycles. The van der Waals surface area contributed by atoms with Gasteiger partial charge in [0.15, 0.2) is 17.3 Å². The van der Waals surface area contributed by atoms with Gasteiger partial charge in [0, 0.05) is 50.3 Å². The molecule has 0 atom stereocenters. The lowest BCUT2D eigenvalue weighted by Gasteiger charge is -2.29. The van der Waals surface area contributed by atoms with Gasteiger partial charge in [0.25, 0.3) is 0 Å². The number of imidazole rings is 1. The summed E-state index contributed by atoms with van der Waals surface area (Å²) in [6.07, 6.45) is 2.70. The number of nitrogen functional groups attached to an aromatic ring is 1. The third kappa shape index (κ3) is 3.62. The molecule has 4 heterocycles. The van der Waals surface area contributed by atoms with Crippen molar-refractivity contribution < 1.29 is 4.39 Å². The number of fused-ring (bicyclic) bond motifs is 2. The van der Waals surface area contributed by atoms with Crippen LogP contribution in [0.2, 0.25) is 0 Å². The van der Waals surface area contributed by atoms with E-state index < -0.39 is 0 Å². The average molecular weight is 435 g/mol. The Hall–Kier alpha value is -3.33. The zero-order valence-corrected chi connectivity index (χ0v) is 18.6. The number of hydrogen-bond donors (Lipinski definition) is 1. The lowest BCUT2D eigenvalue weighted by molar-refractivity contribution is 0.220. The van der Waals surface area contributed by atoms with Crippen LogP contribution in [0.5, 0.6) is 0 Å². The van der Waals surface area contributed by atoms with Gasteiger partial charge in [-0.2, -0.15) is 5.10 Å². The van der Waals surface area contributed by atoms with Gasteiger partial charge in [0.2, 0.25) is 0 Å². The van der Waals surface area contributed by atoms with Crippen molar-refractivity contribution in [3.8, 4) is 11.3 Å². The molecular formula is C23H27FN8. The normalized spacial score (nSPS) is 14.4. The van der Waals surface area contributed by atoms with Crippen LogP contribution in [0.4, 0.5) is 10.2 Å². The van der Waals surface area contributed by atoms with Gasteiger partial charge in [0.05, 0.1) is 17.1 Å².